The first kappa shape index (κ1) is 20.3. The molecule has 3 aromatic carbocycles. The quantitative estimate of drug-likeness (QED) is 0.626. The van der Waals surface area contributed by atoms with Crippen molar-refractivity contribution in [3.63, 3.8) is 0 Å². The Morgan fingerprint density at radius 1 is 0.828 bits per heavy atom. The highest BCUT2D eigenvalue weighted by Crippen LogP contribution is 2.13. The zero-order valence-corrected chi connectivity index (χ0v) is 16.8. The lowest BCUT2D eigenvalue weighted by Crippen LogP contribution is -2.45. The molecule has 0 heterocycles. The maximum Gasteiger partial charge on any atom is 0.252 e. The number of carbonyl (C=O) groups is 2. The lowest BCUT2D eigenvalue weighted by atomic mass is 10.0. The Morgan fingerprint density at radius 2 is 1.48 bits per heavy atom. The predicted molar refractivity (Wildman–Crippen MR) is 117 cm³/mol. The van der Waals surface area contributed by atoms with E-state index in [1.54, 1.807) is 6.07 Å². The third-order valence-electron chi connectivity index (χ3n) is 4.92. The van der Waals surface area contributed by atoms with Gasteiger partial charge in [-0.05, 0) is 48.2 Å². The fourth-order valence-corrected chi connectivity index (χ4v) is 3.18. The molecule has 0 aliphatic rings. The molecule has 0 fully saturated rings. The molecule has 0 bridgehead atoms. The monoisotopic (exact) mass is 386 g/mol. The zero-order chi connectivity index (χ0) is 20.6. The summed E-state index contributed by atoms with van der Waals surface area (Å²) >= 11 is 0. The van der Waals surface area contributed by atoms with Crippen molar-refractivity contribution in [1.29, 1.82) is 0 Å². The van der Waals surface area contributed by atoms with Crippen molar-refractivity contribution in [1.82, 2.24) is 5.32 Å². The molecule has 2 amide bonds. The molecular formula is C25H26N2O2. The van der Waals surface area contributed by atoms with Crippen LogP contribution in [0.1, 0.15) is 34.0 Å². The van der Waals surface area contributed by atoms with Gasteiger partial charge in [0, 0.05) is 17.7 Å². The van der Waals surface area contributed by atoms with Gasteiger partial charge in [0.15, 0.2) is 0 Å². The summed E-state index contributed by atoms with van der Waals surface area (Å²) in [7, 11) is 0. The maximum atomic E-state index is 13.0. The summed E-state index contributed by atoms with van der Waals surface area (Å²) in [5.41, 5.74) is 4.36. The summed E-state index contributed by atoms with van der Waals surface area (Å²) in [5.74, 6) is -0.486. The summed E-state index contributed by atoms with van der Waals surface area (Å²) in [6.45, 7) is 3.97. The van der Waals surface area contributed by atoms with Crippen LogP contribution in [0.25, 0.3) is 0 Å². The number of anilines is 1. The molecule has 29 heavy (non-hydrogen) atoms. The second-order valence-corrected chi connectivity index (χ2v) is 7.07. The van der Waals surface area contributed by atoms with Gasteiger partial charge in [0.1, 0.15) is 6.04 Å². The number of aryl methyl sites for hydroxylation is 2. The summed E-state index contributed by atoms with van der Waals surface area (Å²) < 4.78 is 0. The highest BCUT2D eigenvalue weighted by atomic mass is 16.2. The molecule has 4 heteroatoms. The molecule has 0 aliphatic heterocycles. The molecule has 0 saturated carbocycles. The van der Waals surface area contributed by atoms with Crippen LogP contribution in [0.15, 0.2) is 78.9 Å². The largest absolute Gasteiger partial charge is 0.340 e. The summed E-state index contributed by atoms with van der Waals surface area (Å²) in [6.07, 6.45) is 1.36. The number of hydrogen-bond acceptors (Lipinski definition) is 2. The SMILES string of the molecule is CCc1ccc(NC(=O)C(Cc2ccccc2)NC(=O)c2ccccc2C)cc1. The van der Waals surface area contributed by atoms with Gasteiger partial charge < -0.3 is 10.6 Å². The van der Waals surface area contributed by atoms with Gasteiger partial charge in [0.2, 0.25) is 5.91 Å². The number of benzene rings is 3. The Hall–Kier alpha value is -3.40. The average molecular weight is 386 g/mol. The summed E-state index contributed by atoms with van der Waals surface area (Å²) in [4.78, 5) is 25.8. The molecule has 1 atom stereocenters. The molecule has 0 aromatic heterocycles. The van der Waals surface area contributed by atoms with E-state index in [9.17, 15) is 9.59 Å². The minimum absolute atomic E-state index is 0.236. The van der Waals surface area contributed by atoms with E-state index in [1.807, 2.05) is 79.7 Å². The van der Waals surface area contributed by atoms with Crippen molar-refractivity contribution in [3.05, 3.63) is 101 Å². The van der Waals surface area contributed by atoms with E-state index in [4.69, 9.17) is 0 Å². The van der Waals surface area contributed by atoms with Crippen LogP contribution in [-0.2, 0) is 17.6 Å². The Kier molecular flexibility index (Phi) is 6.80. The molecule has 3 rings (SSSR count). The molecule has 0 saturated heterocycles. The third kappa shape index (κ3) is 5.55. The molecule has 0 aliphatic carbocycles. The second-order valence-electron chi connectivity index (χ2n) is 7.07. The molecule has 4 nitrogen and oxygen atoms in total. The van der Waals surface area contributed by atoms with E-state index < -0.39 is 6.04 Å². The van der Waals surface area contributed by atoms with Crippen molar-refractivity contribution < 1.29 is 9.59 Å². The minimum Gasteiger partial charge on any atom is -0.340 e. The minimum atomic E-state index is -0.685. The van der Waals surface area contributed by atoms with Crippen molar-refractivity contribution in [2.75, 3.05) is 5.32 Å². The second kappa shape index (κ2) is 9.69. The normalized spacial score (nSPS) is 11.5. The number of rotatable bonds is 7. The number of hydrogen-bond donors (Lipinski definition) is 2. The van der Waals surface area contributed by atoms with E-state index in [0.29, 0.717) is 12.0 Å². The topological polar surface area (TPSA) is 58.2 Å². The fraction of sp³-hybridized carbons (Fsp3) is 0.200. The van der Waals surface area contributed by atoms with Gasteiger partial charge in [-0.15, -0.1) is 0 Å². The van der Waals surface area contributed by atoms with E-state index >= 15 is 0 Å². The smallest absolute Gasteiger partial charge is 0.252 e. The van der Waals surface area contributed by atoms with Crippen LogP contribution in [0.4, 0.5) is 5.69 Å². The first-order valence-electron chi connectivity index (χ1n) is 9.87. The molecule has 148 valence electrons. The van der Waals surface area contributed by atoms with E-state index in [0.717, 1.165) is 23.2 Å². The first-order chi connectivity index (χ1) is 14.1. The summed E-state index contributed by atoms with van der Waals surface area (Å²) in [5, 5.41) is 5.85. The van der Waals surface area contributed by atoms with Gasteiger partial charge >= 0.3 is 0 Å². The van der Waals surface area contributed by atoms with Gasteiger partial charge in [0.05, 0.1) is 0 Å². The van der Waals surface area contributed by atoms with Crippen molar-refractivity contribution >= 4 is 17.5 Å². The number of amides is 2. The van der Waals surface area contributed by atoms with Crippen molar-refractivity contribution in [2.24, 2.45) is 0 Å². The Balaban J connectivity index is 1.78. The summed E-state index contributed by atoms with van der Waals surface area (Å²) in [6, 6.07) is 24.1. The lowest BCUT2D eigenvalue weighted by molar-refractivity contribution is -0.118. The van der Waals surface area contributed by atoms with E-state index in [2.05, 4.69) is 17.6 Å². The molecule has 2 N–H and O–H groups in total. The van der Waals surface area contributed by atoms with Gasteiger partial charge in [-0.25, -0.2) is 0 Å². The van der Waals surface area contributed by atoms with Gasteiger partial charge in [-0.1, -0.05) is 67.6 Å². The Morgan fingerprint density at radius 3 is 2.14 bits per heavy atom. The molecule has 1 unspecified atom stereocenters. The van der Waals surface area contributed by atoms with Gasteiger partial charge in [0.25, 0.3) is 5.91 Å². The standard InChI is InChI=1S/C25H26N2O2/c1-3-19-13-15-21(16-14-19)26-25(29)23(17-20-10-5-4-6-11-20)27-24(28)22-12-8-7-9-18(22)2/h4-16,23H,3,17H2,1-2H3,(H,26,29)(H,27,28). The van der Waals surface area contributed by atoms with Crippen LogP contribution in [0, 0.1) is 6.92 Å². The molecule has 3 aromatic rings. The molecule has 0 spiro atoms. The Bertz CT molecular complexity index is 966. The van der Waals surface area contributed by atoms with Crippen molar-refractivity contribution in [2.45, 2.75) is 32.7 Å². The van der Waals surface area contributed by atoms with Crippen LogP contribution < -0.4 is 10.6 Å². The fourth-order valence-electron chi connectivity index (χ4n) is 3.18. The maximum absolute atomic E-state index is 13.0. The predicted octanol–water partition coefficient (Wildman–Crippen LogP) is 4.54. The molecular weight excluding hydrogens is 360 g/mol. The number of nitrogens with one attached hydrogen (secondary N) is 2. The van der Waals surface area contributed by atoms with Crippen LogP contribution in [-0.4, -0.2) is 17.9 Å². The zero-order valence-electron chi connectivity index (χ0n) is 16.8. The van der Waals surface area contributed by atoms with Gasteiger partial charge in [-0.2, -0.15) is 0 Å². The highest BCUT2D eigenvalue weighted by Gasteiger charge is 2.22. The lowest BCUT2D eigenvalue weighted by Gasteiger charge is -2.19. The van der Waals surface area contributed by atoms with Crippen LogP contribution in [0.5, 0.6) is 0 Å². The van der Waals surface area contributed by atoms with E-state index in [1.165, 1.54) is 5.56 Å². The first-order valence-corrected chi connectivity index (χ1v) is 9.87. The van der Waals surface area contributed by atoms with E-state index in [-0.39, 0.29) is 11.8 Å². The third-order valence-corrected chi connectivity index (χ3v) is 4.92. The van der Waals surface area contributed by atoms with Crippen molar-refractivity contribution in [3.8, 4) is 0 Å². The highest BCUT2D eigenvalue weighted by molar-refractivity contribution is 6.01. The Labute approximate surface area is 172 Å². The number of carbonyl (C=O) groups excluding carboxylic acids is 2. The van der Waals surface area contributed by atoms with Crippen LogP contribution in [0.3, 0.4) is 0 Å². The average Bonchev–Trinajstić information content (AvgIpc) is 2.74. The van der Waals surface area contributed by atoms with Crippen LogP contribution in [0.2, 0.25) is 0 Å². The molecule has 0 radical (unpaired) electrons. The van der Waals surface area contributed by atoms with Crippen LogP contribution >= 0.6 is 0 Å². The van der Waals surface area contributed by atoms with Gasteiger partial charge in [-0.3, -0.25) is 9.59 Å².